The van der Waals surface area contributed by atoms with Crippen molar-refractivity contribution in [2.45, 2.75) is 72.6 Å². The molecule has 3 amide bonds. The molecule has 3 atom stereocenters. The van der Waals surface area contributed by atoms with Crippen molar-refractivity contribution in [3.63, 3.8) is 0 Å². The van der Waals surface area contributed by atoms with E-state index in [9.17, 15) is 28.3 Å². The number of halogens is 2. The summed E-state index contributed by atoms with van der Waals surface area (Å²) in [4.78, 5) is 44.7. The van der Waals surface area contributed by atoms with Crippen molar-refractivity contribution in [3.05, 3.63) is 71.7 Å². The van der Waals surface area contributed by atoms with Crippen LogP contribution < -0.4 is 22.1 Å². The normalized spacial score (nSPS) is 13.6. The van der Waals surface area contributed by atoms with E-state index in [0.717, 1.165) is 23.8 Å². The minimum absolute atomic E-state index is 0.0473. The Bertz CT molecular complexity index is 1550. The van der Waals surface area contributed by atoms with Crippen molar-refractivity contribution in [3.8, 4) is 11.3 Å². The Morgan fingerprint density at radius 1 is 1.06 bits per heavy atom. The average molecular weight is 656 g/mol. The van der Waals surface area contributed by atoms with Crippen molar-refractivity contribution in [2.24, 2.45) is 22.8 Å². The molecule has 0 spiro atoms. The average Bonchev–Trinajstić information content (AvgIpc) is 3.40. The third-order valence-corrected chi connectivity index (χ3v) is 7.77. The van der Waals surface area contributed by atoms with E-state index in [-0.39, 0.29) is 30.3 Å². The summed E-state index contributed by atoms with van der Waals surface area (Å²) in [5, 5.41) is 15.3. The highest BCUT2D eigenvalue weighted by Gasteiger charge is 2.38. The number of amides is 3. The molecule has 13 heteroatoms. The van der Waals surface area contributed by atoms with Crippen LogP contribution in [-0.2, 0) is 20.9 Å². The largest absolute Gasteiger partial charge is 0.387 e. The first-order valence-corrected chi connectivity index (χ1v) is 15.7. The van der Waals surface area contributed by atoms with Crippen LogP contribution in [0.25, 0.3) is 11.3 Å². The zero-order valence-electron chi connectivity index (χ0n) is 27.9. The van der Waals surface area contributed by atoms with Gasteiger partial charge in [-0.25, -0.2) is 13.8 Å². The molecule has 1 unspecified atom stereocenters. The first-order chi connectivity index (χ1) is 22.1. The fourth-order valence-corrected chi connectivity index (χ4v) is 5.22. The van der Waals surface area contributed by atoms with Gasteiger partial charge >= 0.3 is 0 Å². The van der Waals surface area contributed by atoms with Crippen LogP contribution in [0, 0.1) is 23.0 Å². The number of anilines is 1. The second-order valence-electron chi connectivity index (χ2n) is 13.1. The maximum atomic E-state index is 15.0. The molecule has 0 fully saturated rings. The number of aliphatic hydroxyl groups excluding tert-OH is 1. The fraction of sp³-hybridized carbons (Fsp3) is 0.471. The lowest BCUT2D eigenvalue weighted by Crippen LogP contribution is -2.50. The lowest BCUT2D eigenvalue weighted by atomic mass is 9.84. The van der Waals surface area contributed by atoms with Gasteiger partial charge in [0, 0.05) is 30.5 Å². The minimum atomic E-state index is -0.851. The predicted molar refractivity (Wildman–Crippen MR) is 177 cm³/mol. The number of nitrogens with zero attached hydrogens (tertiary/aromatic N) is 3. The molecule has 0 saturated heterocycles. The van der Waals surface area contributed by atoms with Crippen LogP contribution in [-0.4, -0.2) is 69.1 Å². The van der Waals surface area contributed by atoms with Crippen LogP contribution in [0.3, 0.4) is 0 Å². The van der Waals surface area contributed by atoms with E-state index in [1.165, 1.54) is 4.90 Å². The van der Waals surface area contributed by atoms with E-state index >= 15 is 0 Å². The monoisotopic (exact) mass is 655 g/mol. The Balaban J connectivity index is 2.04. The highest BCUT2D eigenvalue weighted by molar-refractivity contribution is 5.97. The molecule has 1 aromatic heterocycles. The van der Waals surface area contributed by atoms with Gasteiger partial charge in [0.25, 0.3) is 0 Å². The zero-order valence-corrected chi connectivity index (χ0v) is 27.9. The fourth-order valence-electron chi connectivity index (χ4n) is 5.22. The van der Waals surface area contributed by atoms with Crippen LogP contribution >= 0.6 is 0 Å². The van der Waals surface area contributed by atoms with E-state index < -0.39 is 59.5 Å². The topological polar surface area (TPSA) is 169 Å². The molecule has 0 aliphatic rings. The lowest BCUT2D eigenvalue weighted by Gasteiger charge is -2.40. The number of rotatable bonds is 14. The van der Waals surface area contributed by atoms with Gasteiger partial charge in [-0.15, -0.1) is 0 Å². The summed E-state index contributed by atoms with van der Waals surface area (Å²) in [7, 11) is 0. The van der Waals surface area contributed by atoms with E-state index in [2.05, 4.69) is 10.6 Å². The van der Waals surface area contributed by atoms with Crippen molar-refractivity contribution < 1.29 is 28.3 Å². The van der Waals surface area contributed by atoms with Crippen molar-refractivity contribution in [1.82, 2.24) is 19.8 Å². The summed E-state index contributed by atoms with van der Waals surface area (Å²) in [5.41, 5.74) is 12.4. The summed E-state index contributed by atoms with van der Waals surface area (Å²) < 4.78 is 31.0. The maximum Gasteiger partial charge on any atom is 0.248 e. The van der Waals surface area contributed by atoms with Gasteiger partial charge in [0.1, 0.15) is 30.1 Å². The summed E-state index contributed by atoms with van der Waals surface area (Å²) in [6.45, 7) is 11.0. The van der Waals surface area contributed by atoms with E-state index in [1.807, 2.05) is 40.7 Å². The SMILES string of the molecule is CC(C)C(N)C(=O)N[C@@H](C)C(=O)Nc1cccc(Cn2cc(-c3cc(F)ccc3F)nc2[C@H](N(CCCN)C(=O)CO)C(C)(C)C)c1. The first kappa shape index (κ1) is 37.3. The van der Waals surface area contributed by atoms with Gasteiger partial charge in [-0.2, -0.15) is 0 Å². The summed E-state index contributed by atoms with van der Waals surface area (Å²) in [6.07, 6.45) is 2.06. The molecule has 3 rings (SSSR count). The predicted octanol–water partition coefficient (Wildman–Crippen LogP) is 3.56. The molecule has 0 radical (unpaired) electrons. The summed E-state index contributed by atoms with van der Waals surface area (Å²) in [5.74, 6) is -2.39. The number of hydrogen-bond acceptors (Lipinski definition) is 7. The van der Waals surface area contributed by atoms with Gasteiger partial charge in [-0.3, -0.25) is 14.4 Å². The van der Waals surface area contributed by atoms with Gasteiger partial charge in [-0.05, 0) is 67.1 Å². The number of benzene rings is 2. The number of carbonyl (C=O) groups excluding carboxylic acids is 3. The number of hydrogen-bond donors (Lipinski definition) is 5. The third kappa shape index (κ3) is 9.66. The Morgan fingerprint density at radius 2 is 1.77 bits per heavy atom. The highest BCUT2D eigenvalue weighted by Crippen LogP contribution is 2.39. The van der Waals surface area contributed by atoms with E-state index in [4.69, 9.17) is 16.5 Å². The number of carbonyl (C=O) groups is 3. The molecule has 1 heterocycles. The molecule has 0 saturated carbocycles. The van der Waals surface area contributed by atoms with Crippen molar-refractivity contribution >= 4 is 23.4 Å². The maximum absolute atomic E-state index is 15.0. The standard InChI is InChI=1S/C34H47F2N7O4/c1-20(2)29(38)33(47)39-21(3)32(46)40-24-10-7-9-22(15-24)17-42-18-27(25-16-23(35)11-12-26(25)36)41-31(42)30(34(4,5)6)43(14-8-13-37)28(45)19-44/h7,9-12,15-16,18,20-21,29-30,44H,8,13-14,17,19,37-38H2,1-6H3,(H,39,47)(H,40,46)/t21-,29?,30-/m0/s1. The van der Waals surface area contributed by atoms with Crippen LogP contribution in [0.2, 0.25) is 0 Å². The highest BCUT2D eigenvalue weighted by atomic mass is 19.1. The quantitative estimate of drug-likeness (QED) is 0.177. The molecular formula is C34H47F2N7O4. The molecular weight excluding hydrogens is 608 g/mol. The number of nitrogens with one attached hydrogen (secondary N) is 2. The van der Waals surface area contributed by atoms with Crippen LogP contribution in [0.4, 0.5) is 14.5 Å². The number of aliphatic hydroxyl groups is 1. The molecule has 47 heavy (non-hydrogen) atoms. The second kappa shape index (κ2) is 16.1. The van der Waals surface area contributed by atoms with Crippen molar-refractivity contribution in [2.75, 3.05) is 25.0 Å². The Kier molecular flexibility index (Phi) is 12.7. The minimum Gasteiger partial charge on any atom is -0.387 e. The smallest absolute Gasteiger partial charge is 0.248 e. The van der Waals surface area contributed by atoms with Crippen LogP contribution in [0.15, 0.2) is 48.7 Å². The molecule has 256 valence electrons. The van der Waals surface area contributed by atoms with E-state index in [0.29, 0.717) is 24.5 Å². The van der Waals surface area contributed by atoms with E-state index in [1.54, 1.807) is 35.9 Å². The van der Waals surface area contributed by atoms with Gasteiger partial charge in [0.05, 0.1) is 17.8 Å². The molecule has 0 aliphatic carbocycles. The zero-order chi connectivity index (χ0) is 35.1. The molecule has 11 nitrogen and oxygen atoms in total. The number of imidazole rings is 1. The van der Waals surface area contributed by atoms with Gasteiger partial charge in [-0.1, -0.05) is 46.8 Å². The lowest BCUT2D eigenvalue weighted by molar-refractivity contribution is -0.139. The Morgan fingerprint density at radius 3 is 2.38 bits per heavy atom. The Labute approximate surface area is 274 Å². The van der Waals surface area contributed by atoms with Gasteiger partial charge in [0.15, 0.2) is 0 Å². The summed E-state index contributed by atoms with van der Waals surface area (Å²) in [6, 6.07) is 7.84. The molecule has 3 aromatic rings. The van der Waals surface area contributed by atoms with Crippen LogP contribution in [0.5, 0.6) is 0 Å². The van der Waals surface area contributed by atoms with Gasteiger partial charge < -0.3 is 36.7 Å². The molecule has 0 aliphatic heterocycles. The number of nitrogens with two attached hydrogens (primary N) is 2. The first-order valence-electron chi connectivity index (χ1n) is 15.7. The Hall–Kier alpha value is -4.20. The molecule has 0 bridgehead atoms. The van der Waals surface area contributed by atoms with Crippen molar-refractivity contribution in [1.29, 1.82) is 0 Å². The third-order valence-electron chi connectivity index (χ3n) is 7.77. The molecule has 7 N–H and O–H groups in total. The summed E-state index contributed by atoms with van der Waals surface area (Å²) >= 11 is 0. The van der Waals surface area contributed by atoms with Crippen LogP contribution in [0.1, 0.15) is 65.4 Å². The molecule has 2 aromatic carbocycles. The second-order valence-corrected chi connectivity index (χ2v) is 13.1. The van der Waals surface area contributed by atoms with Gasteiger partial charge in [0.2, 0.25) is 17.7 Å². The number of aromatic nitrogens is 2.